The van der Waals surface area contributed by atoms with Crippen molar-refractivity contribution >= 4 is 18.6 Å². The molecular weight excluding hydrogens is 248 g/mol. The van der Waals surface area contributed by atoms with Gasteiger partial charge >= 0.3 is 5.97 Å². The number of rotatable bonds is 2. The third-order valence-electron chi connectivity index (χ3n) is 2.36. The van der Waals surface area contributed by atoms with Crippen LogP contribution in [0.2, 0.25) is 0 Å². The minimum atomic E-state index is -0.534. The van der Waals surface area contributed by atoms with Crippen molar-refractivity contribution in [2.45, 2.75) is 38.1 Å². The van der Waals surface area contributed by atoms with Gasteiger partial charge in [0, 0.05) is 11.1 Å². The van der Waals surface area contributed by atoms with Crippen molar-refractivity contribution in [3.05, 3.63) is 22.9 Å². The number of ether oxygens (including phenoxy) is 1. The fraction of sp³-hybridized carbons (Fsp3) is 0.462. The Labute approximate surface area is 112 Å². The number of carbonyl (C=O) groups is 1. The molecule has 96 valence electrons. The first-order valence-electron chi connectivity index (χ1n) is 5.61. The summed E-state index contributed by atoms with van der Waals surface area (Å²) in [6, 6.07) is 3.50. The molecule has 0 saturated carbocycles. The summed E-state index contributed by atoms with van der Waals surface area (Å²) in [7, 11) is 0. The van der Waals surface area contributed by atoms with E-state index in [0.717, 1.165) is 0 Å². The van der Waals surface area contributed by atoms with Gasteiger partial charge in [-0.05, 0) is 13.0 Å². The third kappa shape index (κ3) is 2.96. The highest BCUT2D eigenvalue weighted by Crippen LogP contribution is 2.24. The van der Waals surface area contributed by atoms with E-state index in [1.165, 1.54) is 0 Å². The van der Waals surface area contributed by atoms with Crippen LogP contribution in [-0.2, 0) is 22.8 Å². The van der Waals surface area contributed by atoms with Crippen molar-refractivity contribution in [2.24, 2.45) is 0 Å². The van der Waals surface area contributed by atoms with Crippen LogP contribution in [0.15, 0.2) is 11.1 Å². The van der Waals surface area contributed by atoms with E-state index in [4.69, 9.17) is 22.6 Å². The average Bonchev–Trinajstić information content (AvgIpc) is 2.27. The van der Waals surface area contributed by atoms with E-state index in [-0.39, 0.29) is 28.2 Å². The maximum atomic E-state index is 11.8. The second-order valence-corrected chi connectivity index (χ2v) is 5.20. The van der Waals surface area contributed by atoms with E-state index in [1.54, 1.807) is 13.0 Å². The summed E-state index contributed by atoms with van der Waals surface area (Å²) < 4.78 is 4.93. The largest absolute Gasteiger partial charge is 0.759 e. The Kier molecular flexibility index (Phi) is 4.25. The van der Waals surface area contributed by atoms with E-state index in [2.05, 4.69) is 4.98 Å². The Balaban J connectivity index is 3.43. The molecule has 0 aliphatic carbocycles. The van der Waals surface area contributed by atoms with Crippen LogP contribution in [0.5, 0.6) is 0 Å². The number of carbonyl (C=O) groups excluding carboxylic acids is 1. The van der Waals surface area contributed by atoms with Gasteiger partial charge in [-0.15, -0.1) is 0 Å². The standard InChI is InChI=1S/C13H16N2O2S/c1-5-17-12(16)8-6-10(13(2,3)4)15-11(18)9(8)7-14/h6H,5H2,1-4H3,(H,15,18)/p-1. The number of esters is 1. The van der Waals surface area contributed by atoms with E-state index in [9.17, 15) is 4.79 Å². The van der Waals surface area contributed by atoms with Gasteiger partial charge in [0.1, 0.15) is 6.07 Å². The molecule has 1 aromatic rings. The molecule has 1 heterocycles. The van der Waals surface area contributed by atoms with Gasteiger partial charge in [0.25, 0.3) is 0 Å². The van der Waals surface area contributed by atoms with Crippen LogP contribution in [0.3, 0.4) is 0 Å². The van der Waals surface area contributed by atoms with E-state index < -0.39 is 5.97 Å². The smallest absolute Gasteiger partial charge is 0.339 e. The molecule has 4 nitrogen and oxygen atoms in total. The molecule has 1 rings (SSSR count). The van der Waals surface area contributed by atoms with Crippen molar-refractivity contribution in [3.8, 4) is 6.07 Å². The molecule has 0 bridgehead atoms. The SMILES string of the molecule is CCOC(=O)c1cc(C(C)(C)C)nc([S-])c1C#N. The molecule has 18 heavy (non-hydrogen) atoms. The van der Waals surface area contributed by atoms with Crippen molar-refractivity contribution in [2.75, 3.05) is 6.61 Å². The molecular formula is C13H15N2O2S-. The van der Waals surface area contributed by atoms with Crippen LogP contribution in [0.4, 0.5) is 0 Å². The highest BCUT2D eigenvalue weighted by Gasteiger charge is 2.21. The van der Waals surface area contributed by atoms with Gasteiger partial charge in [-0.2, -0.15) is 5.26 Å². The van der Waals surface area contributed by atoms with Crippen LogP contribution < -0.4 is 0 Å². The Hall–Kier alpha value is -1.67. The highest BCUT2D eigenvalue weighted by atomic mass is 32.1. The van der Waals surface area contributed by atoms with Crippen LogP contribution in [0, 0.1) is 11.3 Å². The van der Waals surface area contributed by atoms with Crippen LogP contribution in [0.25, 0.3) is 0 Å². The van der Waals surface area contributed by atoms with Gasteiger partial charge in [0.15, 0.2) is 0 Å². The number of nitriles is 1. The molecule has 0 N–H and O–H groups in total. The first-order valence-corrected chi connectivity index (χ1v) is 6.01. The number of aromatic nitrogens is 1. The first kappa shape index (κ1) is 14.4. The molecule has 0 aliphatic rings. The predicted molar refractivity (Wildman–Crippen MR) is 69.2 cm³/mol. The summed E-state index contributed by atoms with van der Waals surface area (Å²) in [5, 5.41) is 9.19. The number of hydrogen-bond acceptors (Lipinski definition) is 5. The molecule has 0 saturated heterocycles. The lowest BCUT2D eigenvalue weighted by molar-refractivity contribution is 0.0525. The first-order chi connectivity index (χ1) is 8.31. The van der Waals surface area contributed by atoms with Gasteiger partial charge in [0.2, 0.25) is 0 Å². The lowest BCUT2D eigenvalue weighted by Gasteiger charge is -2.22. The minimum Gasteiger partial charge on any atom is -0.759 e. The molecule has 5 heteroatoms. The zero-order valence-electron chi connectivity index (χ0n) is 10.9. The van der Waals surface area contributed by atoms with Crippen molar-refractivity contribution < 1.29 is 9.53 Å². The molecule has 0 atom stereocenters. The maximum Gasteiger partial charge on any atom is 0.339 e. The summed E-state index contributed by atoms with van der Waals surface area (Å²) in [6.45, 7) is 7.86. The zero-order chi connectivity index (χ0) is 13.9. The average molecular weight is 263 g/mol. The normalized spacial score (nSPS) is 10.8. The van der Waals surface area contributed by atoms with Gasteiger partial charge in [0.05, 0.1) is 17.7 Å². The molecule has 0 aliphatic heterocycles. The van der Waals surface area contributed by atoms with Gasteiger partial charge in [-0.1, -0.05) is 25.8 Å². The van der Waals surface area contributed by atoms with Crippen molar-refractivity contribution in [1.29, 1.82) is 5.26 Å². The molecule has 0 radical (unpaired) electrons. The highest BCUT2D eigenvalue weighted by molar-refractivity contribution is 7.58. The maximum absolute atomic E-state index is 11.8. The zero-order valence-corrected chi connectivity index (χ0v) is 11.7. The third-order valence-corrected chi connectivity index (χ3v) is 2.66. The summed E-state index contributed by atoms with van der Waals surface area (Å²) in [4.78, 5) is 16.0. The summed E-state index contributed by atoms with van der Waals surface area (Å²) in [5.41, 5.74) is 0.735. The van der Waals surface area contributed by atoms with Crippen LogP contribution in [-0.4, -0.2) is 17.6 Å². The Morgan fingerprint density at radius 3 is 2.61 bits per heavy atom. The summed E-state index contributed by atoms with van der Waals surface area (Å²) in [5.74, 6) is -0.534. The molecule has 0 amide bonds. The van der Waals surface area contributed by atoms with E-state index in [1.807, 2.05) is 26.8 Å². The lowest BCUT2D eigenvalue weighted by atomic mass is 9.90. The minimum absolute atomic E-state index is 0.108. The Morgan fingerprint density at radius 1 is 1.56 bits per heavy atom. The number of hydrogen-bond donors (Lipinski definition) is 0. The number of nitrogens with zero attached hydrogens (tertiary/aromatic N) is 2. The number of pyridine rings is 1. The Morgan fingerprint density at radius 2 is 2.17 bits per heavy atom. The van der Waals surface area contributed by atoms with Gasteiger partial charge in [-0.25, -0.2) is 4.79 Å². The fourth-order valence-corrected chi connectivity index (χ4v) is 1.64. The molecule has 0 fully saturated rings. The van der Waals surface area contributed by atoms with Crippen LogP contribution in [0.1, 0.15) is 49.3 Å². The van der Waals surface area contributed by atoms with Crippen molar-refractivity contribution in [1.82, 2.24) is 4.98 Å². The molecule has 0 spiro atoms. The quantitative estimate of drug-likeness (QED) is 0.605. The van der Waals surface area contributed by atoms with Crippen LogP contribution >= 0.6 is 0 Å². The van der Waals surface area contributed by atoms with Crippen molar-refractivity contribution in [3.63, 3.8) is 0 Å². The molecule has 0 aromatic carbocycles. The monoisotopic (exact) mass is 263 g/mol. The summed E-state index contributed by atoms with van der Waals surface area (Å²) in [6.07, 6.45) is 0. The molecule has 1 aromatic heterocycles. The lowest BCUT2D eigenvalue weighted by Crippen LogP contribution is -2.18. The fourth-order valence-electron chi connectivity index (χ4n) is 1.38. The second kappa shape index (κ2) is 5.32. The van der Waals surface area contributed by atoms with Gasteiger partial charge < -0.3 is 17.4 Å². The molecule has 0 unspecified atom stereocenters. The van der Waals surface area contributed by atoms with E-state index in [0.29, 0.717) is 5.69 Å². The predicted octanol–water partition coefficient (Wildman–Crippen LogP) is 2.33. The van der Waals surface area contributed by atoms with Gasteiger partial charge in [-0.3, -0.25) is 4.98 Å². The second-order valence-electron chi connectivity index (χ2n) is 4.82. The van der Waals surface area contributed by atoms with E-state index >= 15 is 0 Å². The topological polar surface area (TPSA) is 63.0 Å². The Bertz CT molecular complexity index is 513. The summed E-state index contributed by atoms with van der Waals surface area (Å²) >= 11 is 5.06.